The molecule has 1 saturated carbocycles. The Hall–Kier alpha value is -3.06. The fourth-order valence-corrected chi connectivity index (χ4v) is 5.15. The fourth-order valence-electron chi connectivity index (χ4n) is 5.15. The third-order valence-electron chi connectivity index (χ3n) is 7.05. The van der Waals surface area contributed by atoms with Gasteiger partial charge in [0.15, 0.2) is 0 Å². The van der Waals surface area contributed by atoms with Crippen LogP contribution in [0.5, 0.6) is 0 Å². The van der Waals surface area contributed by atoms with Crippen LogP contribution in [0.2, 0.25) is 0 Å². The molecule has 2 aliphatic rings. The van der Waals surface area contributed by atoms with Crippen LogP contribution in [0.25, 0.3) is 10.8 Å². The van der Waals surface area contributed by atoms with Crippen LogP contribution in [0, 0.1) is 24.5 Å². The number of nitrogens with one attached hydrogen (secondary N) is 1. The van der Waals surface area contributed by atoms with E-state index in [1.165, 1.54) is 28.8 Å². The summed E-state index contributed by atoms with van der Waals surface area (Å²) >= 11 is 0. The molecule has 1 saturated heterocycles. The Morgan fingerprint density at radius 3 is 2.61 bits per heavy atom. The van der Waals surface area contributed by atoms with E-state index in [0.717, 1.165) is 19.3 Å². The highest BCUT2D eigenvalue weighted by atomic mass is 19.1. The summed E-state index contributed by atoms with van der Waals surface area (Å²) in [5.41, 5.74) is 1.02. The molecule has 172 valence electrons. The molecule has 33 heavy (non-hydrogen) atoms. The van der Waals surface area contributed by atoms with E-state index in [1.54, 1.807) is 19.1 Å². The zero-order valence-corrected chi connectivity index (χ0v) is 18.4. The minimum Gasteiger partial charge on any atom is -0.379 e. The number of aromatic nitrogens is 1. The van der Waals surface area contributed by atoms with Crippen LogP contribution in [0.3, 0.4) is 0 Å². The molecule has 3 aromatic rings. The first-order valence-electron chi connectivity index (χ1n) is 11.4. The van der Waals surface area contributed by atoms with Crippen LogP contribution in [0.1, 0.15) is 59.4 Å². The van der Waals surface area contributed by atoms with Crippen molar-refractivity contribution in [1.29, 1.82) is 0 Å². The van der Waals surface area contributed by atoms with Gasteiger partial charge in [-0.1, -0.05) is 30.7 Å². The predicted molar refractivity (Wildman–Crippen MR) is 121 cm³/mol. The molecule has 2 fully saturated rings. The molecule has 1 aliphatic heterocycles. The number of halogens is 2. The summed E-state index contributed by atoms with van der Waals surface area (Å²) in [7, 11) is 0. The summed E-state index contributed by atoms with van der Waals surface area (Å²) in [5.74, 6) is -1.20. The molecule has 0 radical (unpaired) electrons. The monoisotopic (exact) mass is 452 g/mol. The number of fused-ring (bicyclic) bond motifs is 1. The standard InChI is InChI=1S/C26H26F2N2O3/c1-15-22(25(31)29-24(16-5-2-6-16)17-7-3-8-18(27)13-17)20-9-4-10-21(28)23(20)26(32)30(15)19-11-12-33-14-19/h3-4,7-10,13,16,19,24H,2,5-6,11-12,14H2,1H3,(H,29,31)/t19-,24-/m0/s1. The lowest BCUT2D eigenvalue weighted by atomic mass is 9.77. The van der Waals surface area contributed by atoms with Gasteiger partial charge < -0.3 is 14.6 Å². The van der Waals surface area contributed by atoms with Crippen molar-refractivity contribution in [2.75, 3.05) is 13.2 Å². The van der Waals surface area contributed by atoms with Gasteiger partial charge in [-0.2, -0.15) is 0 Å². The number of hydrogen-bond donors (Lipinski definition) is 1. The predicted octanol–water partition coefficient (Wildman–Crippen LogP) is 4.82. The number of pyridine rings is 1. The van der Waals surface area contributed by atoms with E-state index in [-0.39, 0.29) is 40.2 Å². The Bertz CT molecular complexity index is 1280. The largest absolute Gasteiger partial charge is 0.379 e. The molecule has 2 heterocycles. The van der Waals surface area contributed by atoms with E-state index in [0.29, 0.717) is 30.9 Å². The van der Waals surface area contributed by atoms with Crippen LogP contribution in [-0.4, -0.2) is 23.7 Å². The Labute approximate surface area is 190 Å². The minimum atomic E-state index is -0.653. The van der Waals surface area contributed by atoms with Gasteiger partial charge in [-0.05, 0) is 55.9 Å². The van der Waals surface area contributed by atoms with Crippen LogP contribution in [0.15, 0.2) is 47.3 Å². The Morgan fingerprint density at radius 1 is 1.15 bits per heavy atom. The second kappa shape index (κ2) is 8.71. The van der Waals surface area contributed by atoms with Crippen molar-refractivity contribution in [3.8, 4) is 0 Å². The molecule has 5 rings (SSSR count). The van der Waals surface area contributed by atoms with Gasteiger partial charge in [-0.3, -0.25) is 9.59 Å². The Kier molecular flexibility index (Phi) is 5.74. The van der Waals surface area contributed by atoms with E-state index >= 15 is 0 Å². The lowest BCUT2D eigenvalue weighted by molar-refractivity contribution is 0.0900. The molecule has 5 nitrogen and oxygen atoms in total. The summed E-state index contributed by atoms with van der Waals surface area (Å²) in [5, 5.41) is 3.29. The van der Waals surface area contributed by atoms with Crippen molar-refractivity contribution < 1.29 is 18.3 Å². The van der Waals surface area contributed by atoms with Crippen molar-refractivity contribution in [3.05, 3.63) is 81.3 Å². The normalized spacial score (nSPS) is 19.4. The van der Waals surface area contributed by atoms with Crippen molar-refractivity contribution in [1.82, 2.24) is 9.88 Å². The summed E-state index contributed by atoms with van der Waals surface area (Å²) in [4.78, 5) is 27.0. The summed E-state index contributed by atoms with van der Waals surface area (Å²) < 4.78 is 35.8. The second-order valence-corrected chi connectivity index (χ2v) is 9.01. The van der Waals surface area contributed by atoms with E-state index in [9.17, 15) is 18.4 Å². The lowest BCUT2D eigenvalue weighted by Crippen LogP contribution is -2.38. The van der Waals surface area contributed by atoms with Crippen molar-refractivity contribution in [2.45, 2.75) is 44.7 Å². The molecular weight excluding hydrogens is 426 g/mol. The SMILES string of the molecule is Cc1c(C(=O)N[C@H](c2cccc(F)c2)C2CCC2)c2cccc(F)c2c(=O)n1[C@H]1CCOC1. The van der Waals surface area contributed by atoms with Gasteiger partial charge in [0.25, 0.3) is 11.5 Å². The van der Waals surface area contributed by atoms with Gasteiger partial charge in [0, 0.05) is 17.7 Å². The van der Waals surface area contributed by atoms with E-state index in [4.69, 9.17) is 4.74 Å². The zero-order chi connectivity index (χ0) is 23.1. The van der Waals surface area contributed by atoms with Crippen molar-refractivity contribution in [2.24, 2.45) is 5.92 Å². The molecule has 0 unspecified atom stereocenters. The average Bonchev–Trinajstić information content (AvgIpc) is 3.26. The van der Waals surface area contributed by atoms with Gasteiger partial charge in [-0.15, -0.1) is 0 Å². The maximum absolute atomic E-state index is 14.8. The summed E-state index contributed by atoms with van der Waals surface area (Å²) in [6, 6.07) is 10.0. The van der Waals surface area contributed by atoms with Crippen LogP contribution in [-0.2, 0) is 4.74 Å². The first kappa shape index (κ1) is 21.8. The molecule has 1 aromatic heterocycles. The number of hydrogen-bond acceptors (Lipinski definition) is 3. The van der Waals surface area contributed by atoms with Gasteiger partial charge in [0.2, 0.25) is 0 Å². The highest BCUT2D eigenvalue weighted by molar-refractivity contribution is 6.08. The number of benzene rings is 2. The molecule has 1 amide bonds. The summed E-state index contributed by atoms with van der Waals surface area (Å²) in [6.45, 7) is 2.58. The van der Waals surface area contributed by atoms with Crippen LogP contribution in [0.4, 0.5) is 8.78 Å². The fraction of sp³-hybridized carbons (Fsp3) is 0.385. The quantitative estimate of drug-likeness (QED) is 0.604. The molecule has 1 aliphatic carbocycles. The first-order chi connectivity index (χ1) is 16.0. The lowest BCUT2D eigenvalue weighted by Gasteiger charge is -2.35. The molecule has 2 atom stereocenters. The minimum absolute atomic E-state index is 0.0916. The summed E-state index contributed by atoms with van der Waals surface area (Å²) in [6.07, 6.45) is 3.56. The number of amides is 1. The van der Waals surface area contributed by atoms with E-state index < -0.39 is 17.3 Å². The maximum atomic E-state index is 14.8. The number of rotatable bonds is 5. The third-order valence-corrected chi connectivity index (χ3v) is 7.05. The van der Waals surface area contributed by atoms with Gasteiger partial charge in [0.1, 0.15) is 11.6 Å². The highest BCUT2D eigenvalue weighted by Gasteiger charge is 2.32. The van der Waals surface area contributed by atoms with E-state index in [1.807, 2.05) is 6.07 Å². The van der Waals surface area contributed by atoms with E-state index in [2.05, 4.69) is 5.32 Å². The number of nitrogens with zero attached hydrogens (tertiary/aromatic N) is 1. The number of ether oxygens (including phenoxy) is 1. The first-order valence-corrected chi connectivity index (χ1v) is 11.4. The smallest absolute Gasteiger partial charge is 0.261 e. The molecule has 7 heteroatoms. The molecule has 0 bridgehead atoms. The van der Waals surface area contributed by atoms with Crippen LogP contribution >= 0.6 is 0 Å². The molecule has 0 spiro atoms. The topological polar surface area (TPSA) is 60.3 Å². The Balaban J connectivity index is 1.63. The van der Waals surface area contributed by atoms with Gasteiger partial charge >= 0.3 is 0 Å². The Morgan fingerprint density at radius 2 is 1.94 bits per heavy atom. The average molecular weight is 453 g/mol. The number of carbonyl (C=O) groups is 1. The zero-order valence-electron chi connectivity index (χ0n) is 18.4. The third kappa shape index (κ3) is 3.84. The van der Waals surface area contributed by atoms with Crippen molar-refractivity contribution in [3.63, 3.8) is 0 Å². The van der Waals surface area contributed by atoms with Gasteiger partial charge in [-0.25, -0.2) is 8.78 Å². The molecule has 2 aromatic carbocycles. The molecule has 1 N–H and O–H groups in total. The maximum Gasteiger partial charge on any atom is 0.261 e. The molecular formula is C26H26F2N2O3. The van der Waals surface area contributed by atoms with Crippen molar-refractivity contribution >= 4 is 16.7 Å². The number of carbonyl (C=O) groups excluding carboxylic acids is 1. The van der Waals surface area contributed by atoms with Crippen LogP contribution < -0.4 is 10.9 Å². The highest BCUT2D eigenvalue weighted by Crippen LogP contribution is 2.38. The van der Waals surface area contributed by atoms with Gasteiger partial charge in [0.05, 0.1) is 29.6 Å². The second-order valence-electron chi connectivity index (χ2n) is 9.01.